The summed E-state index contributed by atoms with van der Waals surface area (Å²) in [6.07, 6.45) is 0.966. The molecule has 0 amide bonds. The second kappa shape index (κ2) is 6.73. The van der Waals surface area contributed by atoms with Crippen LogP contribution < -0.4 is 10.1 Å². The molecule has 2 nitrogen and oxygen atoms in total. The van der Waals surface area contributed by atoms with Crippen molar-refractivity contribution in [3.05, 3.63) is 58.1 Å². The largest absolute Gasteiger partial charge is 0.457 e. The average molecular weight is 320 g/mol. The van der Waals surface area contributed by atoms with Gasteiger partial charge in [-0.1, -0.05) is 41.1 Å². The highest BCUT2D eigenvalue weighted by Crippen LogP contribution is 2.30. The number of para-hydroxylation sites is 1. The number of aryl methyl sites for hydroxylation is 1. The third-order valence-corrected chi connectivity index (χ3v) is 3.46. The molecule has 2 rings (SSSR count). The Labute approximate surface area is 122 Å². The van der Waals surface area contributed by atoms with Gasteiger partial charge >= 0.3 is 0 Å². The van der Waals surface area contributed by atoms with E-state index in [-0.39, 0.29) is 0 Å². The van der Waals surface area contributed by atoms with Crippen LogP contribution in [-0.2, 0) is 13.0 Å². The lowest BCUT2D eigenvalue weighted by atomic mass is 10.1. The van der Waals surface area contributed by atoms with E-state index in [2.05, 4.69) is 40.3 Å². The van der Waals surface area contributed by atoms with Crippen molar-refractivity contribution in [1.29, 1.82) is 0 Å². The van der Waals surface area contributed by atoms with E-state index in [1.54, 1.807) is 0 Å². The zero-order valence-corrected chi connectivity index (χ0v) is 12.8. The summed E-state index contributed by atoms with van der Waals surface area (Å²) in [6, 6.07) is 14.3. The molecule has 0 aromatic heterocycles. The molecule has 2 aromatic rings. The predicted octanol–water partition coefficient (Wildman–Crippen LogP) is 4.52. The molecule has 0 heterocycles. The fourth-order valence-electron chi connectivity index (χ4n) is 1.99. The smallest absolute Gasteiger partial charge is 0.132 e. The molecule has 19 heavy (non-hydrogen) atoms. The van der Waals surface area contributed by atoms with Gasteiger partial charge in [-0.15, -0.1) is 0 Å². The first kappa shape index (κ1) is 14.1. The van der Waals surface area contributed by atoms with Crippen LogP contribution >= 0.6 is 15.9 Å². The molecule has 3 heteroatoms. The van der Waals surface area contributed by atoms with Crippen molar-refractivity contribution in [3.63, 3.8) is 0 Å². The SMILES string of the molecule is CCc1ccccc1Oc1ccc(Br)cc1CNC. The fourth-order valence-corrected chi connectivity index (χ4v) is 2.40. The van der Waals surface area contributed by atoms with E-state index >= 15 is 0 Å². The van der Waals surface area contributed by atoms with Crippen LogP contribution in [0.15, 0.2) is 46.9 Å². The van der Waals surface area contributed by atoms with Crippen LogP contribution in [0.25, 0.3) is 0 Å². The Bertz CT molecular complexity index is 554. The number of halogens is 1. The van der Waals surface area contributed by atoms with E-state index in [0.717, 1.165) is 34.5 Å². The second-order valence-corrected chi connectivity index (χ2v) is 5.26. The molecule has 0 bridgehead atoms. The second-order valence-electron chi connectivity index (χ2n) is 4.35. The summed E-state index contributed by atoms with van der Waals surface area (Å²) in [7, 11) is 1.94. The predicted molar refractivity (Wildman–Crippen MR) is 82.8 cm³/mol. The van der Waals surface area contributed by atoms with Crippen molar-refractivity contribution in [3.8, 4) is 11.5 Å². The standard InChI is InChI=1S/C16H18BrNO/c1-3-12-6-4-5-7-15(12)19-16-9-8-14(17)10-13(16)11-18-2/h4-10,18H,3,11H2,1-2H3. The molecule has 0 aliphatic carbocycles. The quantitative estimate of drug-likeness (QED) is 0.874. The van der Waals surface area contributed by atoms with Gasteiger partial charge < -0.3 is 10.1 Å². The van der Waals surface area contributed by atoms with Crippen LogP contribution in [0, 0.1) is 0 Å². The molecule has 0 spiro atoms. The Morgan fingerprint density at radius 3 is 2.53 bits per heavy atom. The van der Waals surface area contributed by atoms with Crippen molar-refractivity contribution in [2.75, 3.05) is 7.05 Å². The lowest BCUT2D eigenvalue weighted by molar-refractivity contribution is 0.468. The van der Waals surface area contributed by atoms with Gasteiger partial charge in [-0.3, -0.25) is 0 Å². The first-order valence-corrected chi connectivity index (χ1v) is 7.22. The van der Waals surface area contributed by atoms with Crippen LogP contribution in [0.3, 0.4) is 0 Å². The number of hydrogen-bond donors (Lipinski definition) is 1. The molecule has 0 unspecified atom stereocenters. The molecular formula is C16H18BrNO. The summed E-state index contributed by atoms with van der Waals surface area (Å²) < 4.78 is 7.14. The number of ether oxygens (including phenoxy) is 1. The lowest BCUT2D eigenvalue weighted by Crippen LogP contribution is -2.06. The van der Waals surface area contributed by atoms with Crippen LogP contribution in [0.4, 0.5) is 0 Å². The van der Waals surface area contributed by atoms with Gasteiger partial charge in [0.05, 0.1) is 0 Å². The van der Waals surface area contributed by atoms with Crippen LogP contribution in [0.5, 0.6) is 11.5 Å². The van der Waals surface area contributed by atoms with Gasteiger partial charge in [0.1, 0.15) is 11.5 Å². The zero-order valence-electron chi connectivity index (χ0n) is 11.2. The molecule has 0 aliphatic rings. The van der Waals surface area contributed by atoms with Gasteiger partial charge in [-0.25, -0.2) is 0 Å². The summed E-state index contributed by atoms with van der Waals surface area (Å²) in [5.41, 5.74) is 2.36. The number of benzene rings is 2. The average Bonchev–Trinajstić information content (AvgIpc) is 2.43. The summed E-state index contributed by atoms with van der Waals surface area (Å²) in [6.45, 7) is 2.92. The van der Waals surface area contributed by atoms with Crippen LogP contribution in [0.1, 0.15) is 18.1 Å². The van der Waals surface area contributed by atoms with Crippen LogP contribution in [-0.4, -0.2) is 7.05 Å². The van der Waals surface area contributed by atoms with Crippen molar-refractivity contribution in [2.45, 2.75) is 19.9 Å². The fraction of sp³-hybridized carbons (Fsp3) is 0.250. The van der Waals surface area contributed by atoms with Crippen molar-refractivity contribution in [2.24, 2.45) is 0 Å². The summed E-state index contributed by atoms with van der Waals surface area (Å²) in [5.74, 6) is 1.84. The highest BCUT2D eigenvalue weighted by Gasteiger charge is 2.07. The molecule has 0 radical (unpaired) electrons. The molecule has 1 N–H and O–H groups in total. The minimum absolute atomic E-state index is 0.781. The highest BCUT2D eigenvalue weighted by molar-refractivity contribution is 9.10. The van der Waals surface area contributed by atoms with Gasteiger partial charge in [0.2, 0.25) is 0 Å². The third-order valence-electron chi connectivity index (χ3n) is 2.96. The summed E-state index contributed by atoms with van der Waals surface area (Å²) in [4.78, 5) is 0. The number of rotatable bonds is 5. The molecule has 0 saturated carbocycles. The van der Waals surface area contributed by atoms with Gasteiger partial charge in [-0.05, 0) is 43.3 Å². The van der Waals surface area contributed by atoms with E-state index in [0.29, 0.717) is 0 Å². The Hall–Kier alpha value is -1.32. The monoisotopic (exact) mass is 319 g/mol. The van der Waals surface area contributed by atoms with Gasteiger partial charge in [0, 0.05) is 16.6 Å². The maximum absolute atomic E-state index is 6.08. The first-order valence-electron chi connectivity index (χ1n) is 6.43. The van der Waals surface area contributed by atoms with E-state index < -0.39 is 0 Å². The molecule has 0 atom stereocenters. The third kappa shape index (κ3) is 3.58. The Morgan fingerprint density at radius 2 is 1.79 bits per heavy atom. The molecule has 0 aliphatic heterocycles. The maximum Gasteiger partial charge on any atom is 0.132 e. The topological polar surface area (TPSA) is 21.3 Å². The number of nitrogens with one attached hydrogen (secondary N) is 1. The Morgan fingerprint density at radius 1 is 1.05 bits per heavy atom. The summed E-state index contributed by atoms with van der Waals surface area (Å²) in [5, 5.41) is 3.17. The van der Waals surface area contributed by atoms with Gasteiger partial charge in [0.25, 0.3) is 0 Å². The zero-order chi connectivity index (χ0) is 13.7. The lowest BCUT2D eigenvalue weighted by Gasteiger charge is -2.14. The van der Waals surface area contributed by atoms with E-state index in [1.165, 1.54) is 5.56 Å². The number of hydrogen-bond acceptors (Lipinski definition) is 2. The van der Waals surface area contributed by atoms with Gasteiger partial charge in [0.15, 0.2) is 0 Å². The Kier molecular flexibility index (Phi) is 5.00. The molecular weight excluding hydrogens is 302 g/mol. The normalized spacial score (nSPS) is 10.5. The van der Waals surface area contributed by atoms with E-state index in [4.69, 9.17) is 4.74 Å². The summed E-state index contributed by atoms with van der Waals surface area (Å²) >= 11 is 3.50. The molecule has 0 saturated heterocycles. The van der Waals surface area contributed by atoms with E-state index in [9.17, 15) is 0 Å². The van der Waals surface area contributed by atoms with Crippen LogP contribution in [0.2, 0.25) is 0 Å². The minimum atomic E-state index is 0.781. The van der Waals surface area contributed by atoms with Crippen molar-refractivity contribution < 1.29 is 4.74 Å². The first-order chi connectivity index (χ1) is 9.24. The van der Waals surface area contributed by atoms with Crippen molar-refractivity contribution in [1.82, 2.24) is 5.32 Å². The van der Waals surface area contributed by atoms with Gasteiger partial charge in [-0.2, -0.15) is 0 Å². The molecule has 0 fully saturated rings. The minimum Gasteiger partial charge on any atom is -0.457 e. The molecule has 100 valence electrons. The molecule has 2 aromatic carbocycles. The van der Waals surface area contributed by atoms with E-state index in [1.807, 2.05) is 37.4 Å². The Balaban J connectivity index is 2.32. The van der Waals surface area contributed by atoms with Crippen molar-refractivity contribution >= 4 is 15.9 Å². The highest BCUT2D eigenvalue weighted by atomic mass is 79.9. The maximum atomic E-state index is 6.08.